The highest BCUT2D eigenvalue weighted by atomic mass is 16.5. The Morgan fingerprint density at radius 1 is 1.40 bits per heavy atom. The molecular formula is C16H24N2O2. The SMILES string of the molecule is Cc1ccc(NC(=O)C(C)NCC2CCCOC2)cc1. The van der Waals surface area contributed by atoms with Gasteiger partial charge >= 0.3 is 0 Å². The van der Waals surface area contributed by atoms with E-state index in [9.17, 15) is 4.79 Å². The quantitative estimate of drug-likeness (QED) is 0.868. The molecule has 2 N–H and O–H groups in total. The number of carbonyl (C=O) groups is 1. The summed E-state index contributed by atoms with van der Waals surface area (Å²) in [5, 5.41) is 6.22. The molecule has 0 bridgehead atoms. The van der Waals surface area contributed by atoms with E-state index in [2.05, 4.69) is 10.6 Å². The summed E-state index contributed by atoms with van der Waals surface area (Å²) in [4.78, 5) is 12.1. The number of ether oxygens (including phenoxy) is 1. The van der Waals surface area contributed by atoms with Crippen LogP contribution in [-0.4, -0.2) is 31.7 Å². The van der Waals surface area contributed by atoms with Gasteiger partial charge in [-0.25, -0.2) is 0 Å². The van der Waals surface area contributed by atoms with E-state index in [0.29, 0.717) is 5.92 Å². The first kappa shape index (κ1) is 15.0. The zero-order chi connectivity index (χ0) is 14.4. The van der Waals surface area contributed by atoms with Gasteiger partial charge in [-0.3, -0.25) is 4.79 Å². The third kappa shape index (κ3) is 4.62. The van der Waals surface area contributed by atoms with Crippen LogP contribution in [0.25, 0.3) is 0 Å². The summed E-state index contributed by atoms with van der Waals surface area (Å²) < 4.78 is 5.44. The van der Waals surface area contributed by atoms with Crippen molar-refractivity contribution in [1.82, 2.24) is 5.32 Å². The normalized spacial score (nSPS) is 20.4. The van der Waals surface area contributed by atoms with Crippen molar-refractivity contribution in [1.29, 1.82) is 0 Å². The Morgan fingerprint density at radius 3 is 2.80 bits per heavy atom. The largest absolute Gasteiger partial charge is 0.381 e. The lowest BCUT2D eigenvalue weighted by molar-refractivity contribution is -0.117. The molecule has 1 heterocycles. The van der Waals surface area contributed by atoms with Crippen molar-refractivity contribution in [3.05, 3.63) is 29.8 Å². The average molecular weight is 276 g/mol. The molecule has 1 aromatic rings. The Hall–Kier alpha value is -1.39. The highest BCUT2D eigenvalue weighted by molar-refractivity contribution is 5.94. The van der Waals surface area contributed by atoms with Crippen LogP contribution < -0.4 is 10.6 Å². The van der Waals surface area contributed by atoms with Crippen molar-refractivity contribution < 1.29 is 9.53 Å². The molecule has 110 valence electrons. The van der Waals surface area contributed by atoms with Gasteiger partial charge in [-0.2, -0.15) is 0 Å². The van der Waals surface area contributed by atoms with Crippen LogP contribution in [0.2, 0.25) is 0 Å². The Bertz CT molecular complexity index is 425. The van der Waals surface area contributed by atoms with Gasteiger partial charge in [0.05, 0.1) is 12.6 Å². The molecule has 1 amide bonds. The predicted molar refractivity (Wildman–Crippen MR) is 80.8 cm³/mol. The number of aryl methyl sites for hydroxylation is 1. The van der Waals surface area contributed by atoms with Crippen LogP contribution in [0.4, 0.5) is 5.69 Å². The zero-order valence-corrected chi connectivity index (χ0v) is 12.3. The predicted octanol–water partition coefficient (Wildman–Crippen LogP) is 2.34. The maximum Gasteiger partial charge on any atom is 0.241 e. The van der Waals surface area contributed by atoms with E-state index in [0.717, 1.165) is 31.9 Å². The van der Waals surface area contributed by atoms with Crippen LogP contribution in [0.5, 0.6) is 0 Å². The number of carbonyl (C=O) groups excluding carboxylic acids is 1. The second-order valence-corrected chi connectivity index (χ2v) is 5.57. The zero-order valence-electron chi connectivity index (χ0n) is 12.3. The molecule has 1 aliphatic rings. The number of rotatable bonds is 5. The van der Waals surface area contributed by atoms with E-state index in [1.807, 2.05) is 38.1 Å². The highest BCUT2D eigenvalue weighted by Crippen LogP contribution is 2.13. The van der Waals surface area contributed by atoms with Gasteiger partial charge in [0.15, 0.2) is 0 Å². The van der Waals surface area contributed by atoms with Gasteiger partial charge in [0, 0.05) is 18.8 Å². The second-order valence-electron chi connectivity index (χ2n) is 5.57. The Balaban J connectivity index is 1.75. The topological polar surface area (TPSA) is 50.4 Å². The van der Waals surface area contributed by atoms with Gasteiger partial charge < -0.3 is 15.4 Å². The van der Waals surface area contributed by atoms with Crippen molar-refractivity contribution in [2.45, 2.75) is 32.7 Å². The van der Waals surface area contributed by atoms with Crippen LogP contribution in [0.15, 0.2) is 24.3 Å². The Morgan fingerprint density at radius 2 is 2.15 bits per heavy atom. The Labute approximate surface area is 120 Å². The molecule has 0 aromatic heterocycles. The van der Waals surface area contributed by atoms with Gasteiger partial charge in [0.1, 0.15) is 0 Å². The lowest BCUT2D eigenvalue weighted by Crippen LogP contribution is -2.41. The molecule has 1 fully saturated rings. The van der Waals surface area contributed by atoms with Crippen molar-refractivity contribution in [2.75, 3.05) is 25.1 Å². The molecule has 0 spiro atoms. The van der Waals surface area contributed by atoms with Crippen molar-refractivity contribution >= 4 is 11.6 Å². The minimum atomic E-state index is -0.196. The molecule has 4 heteroatoms. The van der Waals surface area contributed by atoms with Crippen LogP contribution >= 0.6 is 0 Å². The van der Waals surface area contributed by atoms with Gasteiger partial charge in [0.25, 0.3) is 0 Å². The van der Waals surface area contributed by atoms with E-state index < -0.39 is 0 Å². The minimum absolute atomic E-state index is 0.00517. The summed E-state index contributed by atoms with van der Waals surface area (Å²) in [7, 11) is 0. The van der Waals surface area contributed by atoms with Crippen molar-refractivity contribution in [2.24, 2.45) is 5.92 Å². The molecule has 4 nitrogen and oxygen atoms in total. The van der Waals surface area contributed by atoms with Crippen LogP contribution in [0, 0.1) is 12.8 Å². The molecule has 0 aliphatic carbocycles. The molecule has 0 saturated carbocycles. The fraction of sp³-hybridized carbons (Fsp3) is 0.562. The minimum Gasteiger partial charge on any atom is -0.381 e. The first-order valence-corrected chi connectivity index (χ1v) is 7.34. The maximum atomic E-state index is 12.1. The summed E-state index contributed by atoms with van der Waals surface area (Å²) in [5.74, 6) is 0.531. The molecule has 1 aliphatic heterocycles. The molecular weight excluding hydrogens is 252 g/mol. The lowest BCUT2D eigenvalue weighted by atomic mass is 10.0. The number of anilines is 1. The van der Waals surface area contributed by atoms with E-state index >= 15 is 0 Å². The van der Waals surface area contributed by atoms with E-state index in [4.69, 9.17) is 4.74 Å². The Kier molecular flexibility index (Phi) is 5.56. The van der Waals surface area contributed by atoms with Gasteiger partial charge in [-0.15, -0.1) is 0 Å². The third-order valence-corrected chi connectivity index (χ3v) is 3.68. The monoisotopic (exact) mass is 276 g/mol. The second kappa shape index (κ2) is 7.41. The highest BCUT2D eigenvalue weighted by Gasteiger charge is 2.17. The third-order valence-electron chi connectivity index (χ3n) is 3.68. The average Bonchev–Trinajstić information content (AvgIpc) is 2.48. The molecule has 2 rings (SSSR count). The molecule has 2 atom stereocenters. The number of benzene rings is 1. The first-order chi connectivity index (χ1) is 9.65. The van der Waals surface area contributed by atoms with Crippen LogP contribution in [0.3, 0.4) is 0 Å². The standard InChI is InChI=1S/C16H24N2O2/c1-12-5-7-15(8-6-12)18-16(19)13(2)17-10-14-4-3-9-20-11-14/h5-8,13-14,17H,3-4,9-11H2,1-2H3,(H,18,19). The molecule has 1 saturated heterocycles. The summed E-state index contributed by atoms with van der Waals surface area (Å²) in [5.41, 5.74) is 2.03. The van der Waals surface area contributed by atoms with Gasteiger partial charge in [0.2, 0.25) is 5.91 Å². The van der Waals surface area contributed by atoms with E-state index in [1.165, 1.54) is 12.0 Å². The number of amides is 1. The van der Waals surface area contributed by atoms with Gasteiger partial charge in [-0.1, -0.05) is 17.7 Å². The summed E-state index contributed by atoms with van der Waals surface area (Å²) in [6.45, 7) is 6.44. The maximum absolute atomic E-state index is 12.1. The number of hydrogen-bond acceptors (Lipinski definition) is 3. The fourth-order valence-corrected chi connectivity index (χ4v) is 2.29. The molecule has 1 aromatic carbocycles. The van der Waals surface area contributed by atoms with Crippen LogP contribution in [0.1, 0.15) is 25.3 Å². The smallest absolute Gasteiger partial charge is 0.241 e. The summed E-state index contributed by atoms with van der Waals surface area (Å²) in [6.07, 6.45) is 2.30. The van der Waals surface area contributed by atoms with Crippen LogP contribution in [-0.2, 0) is 9.53 Å². The number of nitrogens with one attached hydrogen (secondary N) is 2. The summed E-state index contributed by atoms with van der Waals surface area (Å²) >= 11 is 0. The first-order valence-electron chi connectivity index (χ1n) is 7.34. The molecule has 0 radical (unpaired) electrons. The fourth-order valence-electron chi connectivity index (χ4n) is 2.29. The van der Waals surface area contributed by atoms with E-state index in [1.54, 1.807) is 0 Å². The van der Waals surface area contributed by atoms with Crippen molar-refractivity contribution in [3.8, 4) is 0 Å². The van der Waals surface area contributed by atoms with E-state index in [-0.39, 0.29) is 11.9 Å². The summed E-state index contributed by atoms with van der Waals surface area (Å²) in [6, 6.07) is 7.64. The van der Waals surface area contributed by atoms with Gasteiger partial charge in [-0.05, 0) is 44.7 Å². The lowest BCUT2D eigenvalue weighted by Gasteiger charge is -2.24. The van der Waals surface area contributed by atoms with Crippen molar-refractivity contribution in [3.63, 3.8) is 0 Å². The molecule has 2 unspecified atom stereocenters. The number of hydrogen-bond donors (Lipinski definition) is 2. The molecule has 20 heavy (non-hydrogen) atoms.